The van der Waals surface area contributed by atoms with Crippen molar-refractivity contribution < 1.29 is 31.9 Å². The van der Waals surface area contributed by atoms with Gasteiger partial charge in [-0.2, -0.15) is 0 Å². The smallest absolute Gasteiger partial charge is 0.265 e. The minimum absolute atomic E-state index is 0.00254. The maximum Gasteiger partial charge on any atom is 0.265 e. The molecule has 1 amide bonds. The maximum absolute atomic E-state index is 13.6. The highest BCUT2D eigenvalue weighted by Crippen LogP contribution is 2.38. The molecular weight excluding hydrogens is 450 g/mol. The molecule has 1 aliphatic heterocycles. The van der Waals surface area contributed by atoms with Gasteiger partial charge >= 0.3 is 0 Å². The highest BCUT2D eigenvalue weighted by atomic mass is 32.2. The lowest BCUT2D eigenvalue weighted by molar-refractivity contribution is -0.132. The van der Waals surface area contributed by atoms with Crippen molar-refractivity contribution in [1.82, 2.24) is 10.5 Å². The second kappa shape index (κ2) is 8.23. The second-order valence-electron chi connectivity index (χ2n) is 7.18. The van der Waals surface area contributed by atoms with E-state index in [4.69, 9.17) is 4.74 Å². The Balaban J connectivity index is 1.79. The standard InChI is InChI=1S/C20H18F2N2O5S2/c21-14-4-2-12(10-15(14)22)18-23-16-5-3-13(11-17(16)30-18)31(27,28)20(19(25)24-26)6-1-8-29-9-7-20/h2-5,10-11,26H,1,6-9H2,(H,24,25). The second-order valence-corrected chi connectivity index (χ2v) is 10.5. The Labute approximate surface area is 180 Å². The van der Waals surface area contributed by atoms with Crippen LogP contribution in [0, 0.1) is 11.6 Å². The largest absolute Gasteiger partial charge is 0.381 e. The van der Waals surface area contributed by atoms with Crippen LogP contribution in [0.25, 0.3) is 20.8 Å². The molecule has 31 heavy (non-hydrogen) atoms. The average Bonchev–Trinajstić information content (AvgIpc) is 3.02. The number of hydrogen-bond acceptors (Lipinski definition) is 7. The number of carbonyl (C=O) groups excluding carboxylic acids is 1. The molecule has 2 N–H and O–H groups in total. The van der Waals surface area contributed by atoms with Crippen molar-refractivity contribution in [2.45, 2.75) is 28.9 Å². The Morgan fingerprint density at radius 2 is 1.94 bits per heavy atom. The van der Waals surface area contributed by atoms with E-state index >= 15 is 0 Å². The van der Waals surface area contributed by atoms with E-state index in [-0.39, 0.29) is 24.3 Å². The van der Waals surface area contributed by atoms with Gasteiger partial charge in [-0.15, -0.1) is 11.3 Å². The Morgan fingerprint density at radius 3 is 2.68 bits per heavy atom. The molecule has 1 atom stereocenters. The molecule has 11 heteroatoms. The van der Waals surface area contributed by atoms with Gasteiger partial charge in [-0.05, 0) is 55.7 Å². The topological polar surface area (TPSA) is 106 Å². The predicted molar refractivity (Wildman–Crippen MR) is 109 cm³/mol. The third-order valence-corrected chi connectivity index (χ3v) is 8.95. The lowest BCUT2D eigenvalue weighted by Gasteiger charge is -2.29. The molecule has 0 aliphatic carbocycles. The molecule has 7 nitrogen and oxygen atoms in total. The molecule has 164 valence electrons. The first-order chi connectivity index (χ1) is 14.8. The van der Waals surface area contributed by atoms with Crippen LogP contribution in [0.3, 0.4) is 0 Å². The minimum atomic E-state index is -4.20. The first-order valence-electron chi connectivity index (χ1n) is 9.41. The summed E-state index contributed by atoms with van der Waals surface area (Å²) in [4.78, 5) is 16.8. The van der Waals surface area contributed by atoms with Crippen molar-refractivity contribution in [3.05, 3.63) is 48.0 Å². The summed E-state index contributed by atoms with van der Waals surface area (Å²) in [6.07, 6.45) is 0.251. The zero-order valence-electron chi connectivity index (χ0n) is 16.1. The van der Waals surface area contributed by atoms with Gasteiger partial charge in [0.2, 0.25) is 0 Å². The van der Waals surface area contributed by atoms with E-state index in [0.717, 1.165) is 23.5 Å². The Morgan fingerprint density at radius 1 is 1.13 bits per heavy atom. The zero-order valence-corrected chi connectivity index (χ0v) is 17.7. The van der Waals surface area contributed by atoms with E-state index in [0.29, 0.717) is 33.8 Å². The van der Waals surface area contributed by atoms with Gasteiger partial charge in [0, 0.05) is 18.8 Å². The number of fused-ring (bicyclic) bond motifs is 1. The number of aromatic nitrogens is 1. The van der Waals surface area contributed by atoms with Gasteiger partial charge in [-0.3, -0.25) is 10.0 Å². The summed E-state index contributed by atoms with van der Waals surface area (Å²) in [7, 11) is -4.20. The first-order valence-corrected chi connectivity index (χ1v) is 11.7. The summed E-state index contributed by atoms with van der Waals surface area (Å²) in [5.74, 6) is -2.98. The van der Waals surface area contributed by atoms with Crippen LogP contribution in [-0.4, -0.2) is 42.5 Å². The van der Waals surface area contributed by atoms with Crippen molar-refractivity contribution in [1.29, 1.82) is 0 Å². The van der Waals surface area contributed by atoms with Gasteiger partial charge in [0.15, 0.2) is 26.2 Å². The number of halogens is 2. The van der Waals surface area contributed by atoms with Crippen LogP contribution in [0.4, 0.5) is 8.78 Å². The van der Waals surface area contributed by atoms with E-state index < -0.39 is 32.1 Å². The average molecular weight is 469 g/mol. The van der Waals surface area contributed by atoms with Gasteiger partial charge in [0.25, 0.3) is 5.91 Å². The predicted octanol–water partition coefficient (Wildman–Crippen LogP) is 3.46. The number of benzene rings is 2. The Hall–Kier alpha value is -2.47. The number of nitrogens with one attached hydrogen (secondary N) is 1. The summed E-state index contributed by atoms with van der Waals surface area (Å²) in [5, 5.41) is 9.62. The molecule has 0 spiro atoms. The van der Waals surface area contributed by atoms with Crippen LogP contribution in [0.1, 0.15) is 19.3 Å². The number of ether oxygens (including phenoxy) is 1. The highest BCUT2D eigenvalue weighted by Gasteiger charge is 2.51. The molecule has 1 fully saturated rings. The highest BCUT2D eigenvalue weighted by molar-refractivity contribution is 7.93. The maximum atomic E-state index is 13.6. The van der Waals surface area contributed by atoms with Gasteiger partial charge in [-0.25, -0.2) is 27.7 Å². The van der Waals surface area contributed by atoms with Crippen LogP contribution >= 0.6 is 11.3 Å². The van der Waals surface area contributed by atoms with Crippen LogP contribution < -0.4 is 5.48 Å². The number of carbonyl (C=O) groups is 1. The third-order valence-electron chi connectivity index (χ3n) is 5.39. The lowest BCUT2D eigenvalue weighted by Crippen LogP contribution is -2.52. The first kappa shape index (κ1) is 21.8. The number of hydrogen-bond donors (Lipinski definition) is 2. The van der Waals surface area contributed by atoms with Gasteiger partial charge in [-0.1, -0.05) is 0 Å². The van der Waals surface area contributed by atoms with E-state index in [2.05, 4.69) is 4.98 Å². The number of sulfone groups is 1. The van der Waals surface area contributed by atoms with Crippen molar-refractivity contribution in [3.63, 3.8) is 0 Å². The number of hydroxylamine groups is 1. The van der Waals surface area contributed by atoms with E-state index in [1.807, 2.05) is 0 Å². The number of nitrogens with zero attached hydrogens (tertiary/aromatic N) is 1. The number of amides is 1. The fraction of sp³-hybridized carbons (Fsp3) is 0.300. The summed E-state index contributed by atoms with van der Waals surface area (Å²) in [5.41, 5.74) is 2.34. The SMILES string of the molecule is O=C(NO)C1(S(=O)(=O)c2ccc3nc(-c4ccc(F)c(F)c4)sc3c2)CCCOCC1. The van der Waals surface area contributed by atoms with Gasteiger partial charge < -0.3 is 4.74 Å². The molecule has 2 heterocycles. The summed E-state index contributed by atoms with van der Waals surface area (Å²) < 4.78 is 57.8. The molecule has 0 bridgehead atoms. The molecule has 1 unspecified atom stereocenters. The van der Waals surface area contributed by atoms with Crippen molar-refractivity contribution in [3.8, 4) is 10.6 Å². The summed E-state index contributed by atoms with van der Waals surface area (Å²) in [6, 6.07) is 7.67. The quantitative estimate of drug-likeness (QED) is 0.449. The Kier molecular flexibility index (Phi) is 5.77. The fourth-order valence-electron chi connectivity index (χ4n) is 3.69. The molecule has 1 aliphatic rings. The molecule has 4 rings (SSSR count). The van der Waals surface area contributed by atoms with E-state index in [9.17, 15) is 27.2 Å². The van der Waals surface area contributed by atoms with Crippen molar-refractivity contribution >= 4 is 37.3 Å². The van der Waals surface area contributed by atoms with Gasteiger partial charge in [0.05, 0.1) is 15.1 Å². The molecule has 2 aromatic carbocycles. The normalized spacial score (nSPS) is 19.8. The lowest BCUT2D eigenvalue weighted by atomic mass is 9.99. The molecule has 0 saturated carbocycles. The summed E-state index contributed by atoms with van der Waals surface area (Å²) in [6.45, 7) is 0.386. The monoisotopic (exact) mass is 468 g/mol. The number of rotatable bonds is 4. The molecule has 1 aromatic heterocycles. The fourth-order valence-corrected chi connectivity index (χ4v) is 6.80. The third kappa shape index (κ3) is 3.71. The van der Waals surface area contributed by atoms with Crippen molar-refractivity contribution in [2.24, 2.45) is 0 Å². The van der Waals surface area contributed by atoms with Gasteiger partial charge in [0.1, 0.15) is 5.01 Å². The zero-order chi connectivity index (χ0) is 22.2. The minimum Gasteiger partial charge on any atom is -0.381 e. The molecular formula is C20H18F2N2O5S2. The van der Waals surface area contributed by atoms with E-state index in [1.54, 1.807) is 0 Å². The van der Waals surface area contributed by atoms with Crippen LogP contribution in [0.5, 0.6) is 0 Å². The van der Waals surface area contributed by atoms with E-state index in [1.165, 1.54) is 29.7 Å². The summed E-state index contributed by atoms with van der Waals surface area (Å²) >= 11 is 1.12. The molecule has 1 saturated heterocycles. The van der Waals surface area contributed by atoms with Crippen LogP contribution in [0.15, 0.2) is 41.3 Å². The van der Waals surface area contributed by atoms with Crippen molar-refractivity contribution in [2.75, 3.05) is 13.2 Å². The molecule has 3 aromatic rings. The van der Waals surface area contributed by atoms with Crippen LogP contribution in [0.2, 0.25) is 0 Å². The molecule has 0 radical (unpaired) electrons. The van der Waals surface area contributed by atoms with Crippen LogP contribution in [-0.2, 0) is 19.4 Å². The number of thiazole rings is 1. The Bertz CT molecular complexity index is 1250.